The number of allylic oxidation sites excluding steroid dienone is 2. The molecule has 3 nitrogen and oxygen atoms in total. The second kappa shape index (κ2) is 6.55. The fraction of sp³-hybridized carbons (Fsp3) is 0.333. The Bertz CT molecular complexity index is 954. The number of thioether (sulfide) groups is 1. The Labute approximate surface area is 159 Å². The average Bonchev–Trinajstić information content (AvgIpc) is 3.03. The van der Waals surface area contributed by atoms with Crippen LogP contribution in [0.15, 0.2) is 58.3 Å². The summed E-state index contributed by atoms with van der Waals surface area (Å²) in [7, 11) is -3.65. The average molecular weight is 386 g/mol. The molecule has 0 radical (unpaired) electrons. The van der Waals surface area contributed by atoms with Crippen LogP contribution in [0.4, 0.5) is 0 Å². The molecule has 2 N–H and O–H groups in total. The molecule has 0 atom stereocenters. The first-order valence-electron chi connectivity index (χ1n) is 8.90. The third-order valence-electron chi connectivity index (χ3n) is 5.85. The van der Waals surface area contributed by atoms with E-state index in [9.17, 15) is 8.42 Å². The van der Waals surface area contributed by atoms with Crippen molar-refractivity contribution in [2.24, 2.45) is 10.6 Å². The number of sulfonamides is 1. The van der Waals surface area contributed by atoms with E-state index in [1.165, 1.54) is 40.9 Å². The molecular weight excluding hydrogens is 362 g/mol. The maximum Gasteiger partial charge on any atom is 0.238 e. The van der Waals surface area contributed by atoms with Gasteiger partial charge in [0.1, 0.15) is 0 Å². The zero-order chi connectivity index (χ0) is 18.4. The smallest absolute Gasteiger partial charge is 0.225 e. The fourth-order valence-corrected chi connectivity index (χ4v) is 5.17. The Morgan fingerprint density at radius 2 is 1.38 bits per heavy atom. The van der Waals surface area contributed by atoms with Crippen molar-refractivity contribution >= 4 is 32.9 Å². The molecule has 0 aromatic heterocycles. The van der Waals surface area contributed by atoms with Gasteiger partial charge in [-0.25, -0.2) is 13.6 Å². The lowest BCUT2D eigenvalue weighted by atomic mass is 9.66. The molecule has 2 aromatic carbocycles. The molecule has 0 amide bonds. The van der Waals surface area contributed by atoms with Crippen molar-refractivity contribution in [3.63, 3.8) is 0 Å². The highest BCUT2D eigenvalue weighted by Crippen LogP contribution is 2.59. The lowest BCUT2D eigenvalue weighted by Crippen LogP contribution is -2.26. The molecule has 1 spiro atoms. The summed E-state index contributed by atoms with van der Waals surface area (Å²) in [5.74, 6) is 0. The molecule has 0 heterocycles. The first-order valence-corrected chi connectivity index (χ1v) is 11.7. The SMILES string of the molecule is CSc1ccc(C2=C(c3ccc(S(N)(=O)=O)cc3)CC3(CCC3)C2)cc1. The minimum Gasteiger partial charge on any atom is -0.225 e. The minimum atomic E-state index is -3.65. The Morgan fingerprint density at radius 1 is 0.885 bits per heavy atom. The largest absolute Gasteiger partial charge is 0.238 e. The molecule has 5 heteroatoms. The summed E-state index contributed by atoms with van der Waals surface area (Å²) in [5, 5.41) is 5.24. The van der Waals surface area contributed by atoms with Gasteiger partial charge in [0.25, 0.3) is 0 Å². The summed E-state index contributed by atoms with van der Waals surface area (Å²) in [6.45, 7) is 0. The Morgan fingerprint density at radius 3 is 1.77 bits per heavy atom. The van der Waals surface area contributed by atoms with E-state index < -0.39 is 10.0 Å². The van der Waals surface area contributed by atoms with Crippen molar-refractivity contribution in [1.29, 1.82) is 0 Å². The summed E-state index contributed by atoms with van der Waals surface area (Å²) in [6.07, 6.45) is 8.19. The zero-order valence-corrected chi connectivity index (χ0v) is 16.5. The number of benzene rings is 2. The van der Waals surface area contributed by atoms with Gasteiger partial charge in [-0.15, -0.1) is 11.8 Å². The van der Waals surface area contributed by atoms with Gasteiger partial charge >= 0.3 is 0 Å². The number of rotatable bonds is 4. The van der Waals surface area contributed by atoms with Crippen LogP contribution in [0.2, 0.25) is 0 Å². The van der Waals surface area contributed by atoms with Crippen LogP contribution in [0.25, 0.3) is 11.1 Å². The van der Waals surface area contributed by atoms with Crippen molar-refractivity contribution in [2.45, 2.75) is 41.9 Å². The lowest BCUT2D eigenvalue weighted by Gasteiger charge is -2.39. The third kappa shape index (κ3) is 3.24. The number of hydrogen-bond donors (Lipinski definition) is 1. The number of nitrogens with two attached hydrogens (primary N) is 1. The molecule has 0 unspecified atom stereocenters. The molecule has 0 aliphatic heterocycles. The second-order valence-corrected chi connectivity index (χ2v) is 9.90. The van der Waals surface area contributed by atoms with Crippen LogP contribution in [-0.2, 0) is 10.0 Å². The number of hydrogen-bond acceptors (Lipinski definition) is 3. The van der Waals surface area contributed by atoms with E-state index in [0.717, 1.165) is 18.4 Å². The first kappa shape index (κ1) is 17.8. The Balaban J connectivity index is 1.75. The lowest BCUT2D eigenvalue weighted by molar-refractivity contribution is 0.157. The predicted molar refractivity (Wildman–Crippen MR) is 108 cm³/mol. The monoisotopic (exact) mass is 385 g/mol. The molecule has 0 bridgehead atoms. The van der Waals surface area contributed by atoms with Crippen LogP contribution in [0, 0.1) is 5.41 Å². The summed E-state index contributed by atoms with van der Waals surface area (Å²) in [5.41, 5.74) is 5.60. The van der Waals surface area contributed by atoms with Crippen LogP contribution in [0.5, 0.6) is 0 Å². The molecule has 1 fully saturated rings. The van der Waals surface area contributed by atoms with Gasteiger partial charge in [-0.05, 0) is 83.9 Å². The molecule has 2 aliphatic rings. The van der Waals surface area contributed by atoms with Crippen molar-refractivity contribution in [3.05, 3.63) is 59.7 Å². The highest BCUT2D eigenvalue weighted by molar-refractivity contribution is 7.98. The van der Waals surface area contributed by atoms with E-state index in [1.54, 1.807) is 23.9 Å². The van der Waals surface area contributed by atoms with E-state index in [4.69, 9.17) is 5.14 Å². The van der Waals surface area contributed by atoms with Crippen LogP contribution in [0.3, 0.4) is 0 Å². The van der Waals surface area contributed by atoms with Gasteiger partial charge in [0.2, 0.25) is 10.0 Å². The van der Waals surface area contributed by atoms with Gasteiger partial charge in [-0.1, -0.05) is 30.7 Å². The summed E-state index contributed by atoms with van der Waals surface area (Å²) >= 11 is 1.75. The zero-order valence-electron chi connectivity index (χ0n) is 14.9. The molecular formula is C21H23NO2S2. The quantitative estimate of drug-likeness (QED) is 0.759. The first-order chi connectivity index (χ1) is 12.4. The third-order valence-corrected chi connectivity index (χ3v) is 7.52. The normalized spacial score (nSPS) is 19.0. The fourth-order valence-electron chi connectivity index (χ4n) is 4.25. The van der Waals surface area contributed by atoms with Crippen LogP contribution < -0.4 is 5.14 Å². The Hall–Kier alpha value is -1.56. The van der Waals surface area contributed by atoms with Crippen molar-refractivity contribution in [3.8, 4) is 0 Å². The highest BCUT2D eigenvalue weighted by atomic mass is 32.2. The van der Waals surface area contributed by atoms with E-state index in [2.05, 4.69) is 30.5 Å². The van der Waals surface area contributed by atoms with Crippen LogP contribution in [0.1, 0.15) is 43.2 Å². The van der Waals surface area contributed by atoms with Gasteiger partial charge in [0, 0.05) is 4.90 Å². The maximum absolute atomic E-state index is 11.5. The van der Waals surface area contributed by atoms with Gasteiger partial charge in [-0.3, -0.25) is 0 Å². The van der Waals surface area contributed by atoms with Crippen molar-refractivity contribution in [2.75, 3.05) is 6.26 Å². The summed E-state index contributed by atoms with van der Waals surface area (Å²) in [4.78, 5) is 1.44. The molecule has 1 saturated carbocycles. The van der Waals surface area contributed by atoms with Crippen LogP contribution >= 0.6 is 11.8 Å². The van der Waals surface area contributed by atoms with E-state index in [1.807, 2.05) is 12.1 Å². The van der Waals surface area contributed by atoms with Crippen molar-refractivity contribution < 1.29 is 8.42 Å². The van der Waals surface area contributed by atoms with E-state index in [0.29, 0.717) is 5.41 Å². The molecule has 26 heavy (non-hydrogen) atoms. The summed E-state index contributed by atoms with van der Waals surface area (Å²) in [6, 6.07) is 15.9. The topological polar surface area (TPSA) is 60.2 Å². The number of primary sulfonamides is 1. The molecule has 2 aliphatic carbocycles. The standard InChI is InChI=1S/C21H23NO2S2/c1-25-17-7-3-15(4-8-17)19-13-21(11-2-12-21)14-20(19)16-5-9-18(10-6-16)26(22,23)24/h3-10H,2,11-14H2,1H3,(H2,22,23,24). The van der Waals surface area contributed by atoms with Gasteiger partial charge in [-0.2, -0.15) is 0 Å². The molecule has 136 valence electrons. The molecule has 2 aromatic rings. The Kier molecular flexibility index (Phi) is 4.49. The van der Waals surface area contributed by atoms with Gasteiger partial charge in [0.15, 0.2) is 0 Å². The van der Waals surface area contributed by atoms with Crippen molar-refractivity contribution in [1.82, 2.24) is 0 Å². The van der Waals surface area contributed by atoms with Gasteiger partial charge < -0.3 is 0 Å². The van der Waals surface area contributed by atoms with E-state index in [-0.39, 0.29) is 4.90 Å². The minimum absolute atomic E-state index is 0.170. The molecule has 4 rings (SSSR count). The van der Waals surface area contributed by atoms with Gasteiger partial charge in [0.05, 0.1) is 4.90 Å². The maximum atomic E-state index is 11.5. The summed E-state index contributed by atoms with van der Waals surface area (Å²) < 4.78 is 23.1. The van der Waals surface area contributed by atoms with Crippen LogP contribution in [-0.4, -0.2) is 14.7 Å². The second-order valence-electron chi connectivity index (χ2n) is 7.46. The van der Waals surface area contributed by atoms with E-state index >= 15 is 0 Å². The molecule has 0 saturated heterocycles. The highest BCUT2D eigenvalue weighted by Gasteiger charge is 2.43. The predicted octanol–water partition coefficient (Wildman–Crippen LogP) is 4.93.